The fourth-order valence-corrected chi connectivity index (χ4v) is 3.41. The molecular weight excluding hydrogens is 318 g/mol. The minimum absolute atomic E-state index is 0.0533. The third kappa shape index (κ3) is 2.93. The van der Waals surface area contributed by atoms with Crippen LogP contribution in [0.1, 0.15) is 30.3 Å². The number of carbonyl (C=O) groups excluding carboxylic acids is 1. The maximum absolute atomic E-state index is 12.9. The van der Waals surface area contributed by atoms with Crippen molar-refractivity contribution in [1.29, 1.82) is 0 Å². The maximum atomic E-state index is 12.9. The van der Waals surface area contributed by atoms with Gasteiger partial charge in [-0.05, 0) is 19.8 Å². The van der Waals surface area contributed by atoms with Crippen LogP contribution in [0.5, 0.6) is 0 Å². The monoisotopic (exact) mass is 337 g/mol. The van der Waals surface area contributed by atoms with Gasteiger partial charge in [-0.25, -0.2) is 9.61 Å². The quantitative estimate of drug-likeness (QED) is 0.731. The van der Waals surface area contributed by atoms with E-state index in [0.29, 0.717) is 0 Å². The zero-order valence-corrected chi connectivity index (χ0v) is 14.0. The summed E-state index contributed by atoms with van der Waals surface area (Å²) in [6, 6.07) is 9.83. The van der Waals surface area contributed by atoms with E-state index in [1.165, 1.54) is 0 Å². The van der Waals surface area contributed by atoms with Crippen LogP contribution < -0.4 is 0 Å². The summed E-state index contributed by atoms with van der Waals surface area (Å²) in [5.41, 5.74) is 2.51. The molecule has 3 aromatic rings. The van der Waals surface area contributed by atoms with Crippen LogP contribution in [-0.2, 0) is 11.3 Å². The average molecular weight is 337 g/mol. The highest BCUT2D eigenvalue weighted by Crippen LogP contribution is 2.32. The molecule has 0 spiro atoms. The number of rotatable bonds is 4. The van der Waals surface area contributed by atoms with Crippen molar-refractivity contribution >= 4 is 5.91 Å². The van der Waals surface area contributed by atoms with Crippen LogP contribution in [0.2, 0.25) is 0 Å². The van der Waals surface area contributed by atoms with Crippen molar-refractivity contribution in [1.82, 2.24) is 24.8 Å². The molecule has 0 aliphatic carbocycles. The molecule has 1 saturated heterocycles. The molecule has 0 N–H and O–H groups in total. The molecule has 1 amide bonds. The normalized spacial score (nSPS) is 17.2. The van der Waals surface area contributed by atoms with E-state index in [1.54, 1.807) is 6.20 Å². The Hall–Kier alpha value is -2.96. The summed E-state index contributed by atoms with van der Waals surface area (Å²) in [7, 11) is 0. The highest BCUT2D eigenvalue weighted by molar-refractivity contribution is 5.77. The second-order valence-electron chi connectivity index (χ2n) is 6.22. The van der Waals surface area contributed by atoms with Crippen molar-refractivity contribution < 1.29 is 9.42 Å². The van der Waals surface area contributed by atoms with Gasteiger partial charge in [-0.2, -0.15) is 0 Å². The van der Waals surface area contributed by atoms with Gasteiger partial charge in [-0.3, -0.25) is 4.79 Å². The molecule has 1 unspecified atom stereocenters. The highest BCUT2D eigenvalue weighted by Gasteiger charge is 2.33. The minimum atomic E-state index is -0.0533. The first kappa shape index (κ1) is 15.6. The average Bonchev–Trinajstić information content (AvgIpc) is 3.35. The molecule has 1 aromatic carbocycles. The van der Waals surface area contributed by atoms with Gasteiger partial charge in [0.25, 0.3) is 0 Å². The number of likely N-dealkylation sites (tertiary alicyclic amines) is 1. The van der Waals surface area contributed by atoms with Gasteiger partial charge in [-0.1, -0.05) is 40.6 Å². The fraction of sp³-hybridized carbons (Fsp3) is 0.333. The lowest BCUT2D eigenvalue weighted by Crippen LogP contribution is -2.33. The Balaban J connectivity index is 1.55. The number of aromatic nitrogens is 4. The van der Waals surface area contributed by atoms with E-state index in [4.69, 9.17) is 4.63 Å². The van der Waals surface area contributed by atoms with Crippen LogP contribution >= 0.6 is 0 Å². The first-order valence-corrected chi connectivity index (χ1v) is 8.39. The molecule has 1 aliphatic rings. The molecule has 128 valence electrons. The molecule has 7 nitrogen and oxygen atoms in total. The number of benzene rings is 1. The molecule has 0 bridgehead atoms. The molecule has 3 heterocycles. The van der Waals surface area contributed by atoms with E-state index in [0.717, 1.165) is 42.2 Å². The number of hydrogen-bond donors (Lipinski definition) is 0. The summed E-state index contributed by atoms with van der Waals surface area (Å²) >= 11 is 0. The summed E-state index contributed by atoms with van der Waals surface area (Å²) in [5.74, 6) is 0.851. The van der Waals surface area contributed by atoms with Crippen molar-refractivity contribution in [2.45, 2.75) is 32.4 Å². The number of carbonyl (C=O) groups is 1. The van der Waals surface area contributed by atoms with E-state index >= 15 is 0 Å². The molecule has 7 heteroatoms. The Bertz CT molecular complexity index is 870. The summed E-state index contributed by atoms with van der Waals surface area (Å²) in [4.78, 5) is 19.2. The van der Waals surface area contributed by atoms with E-state index in [1.807, 2.05) is 52.9 Å². The summed E-state index contributed by atoms with van der Waals surface area (Å²) in [5, 5.41) is 7.84. The highest BCUT2D eigenvalue weighted by atomic mass is 16.6. The predicted molar refractivity (Wildman–Crippen MR) is 90.4 cm³/mol. The van der Waals surface area contributed by atoms with E-state index < -0.39 is 0 Å². The van der Waals surface area contributed by atoms with Crippen LogP contribution in [0.3, 0.4) is 0 Å². The summed E-state index contributed by atoms with van der Waals surface area (Å²) in [6.45, 7) is 2.84. The van der Waals surface area contributed by atoms with Gasteiger partial charge in [0.05, 0.1) is 6.04 Å². The van der Waals surface area contributed by atoms with Gasteiger partial charge in [-0.15, -0.1) is 0 Å². The summed E-state index contributed by atoms with van der Waals surface area (Å²) in [6.07, 6.45) is 5.41. The third-order valence-corrected chi connectivity index (χ3v) is 4.63. The molecule has 0 saturated carbocycles. The van der Waals surface area contributed by atoms with Crippen LogP contribution in [0.15, 0.2) is 47.4 Å². The van der Waals surface area contributed by atoms with Gasteiger partial charge in [0.15, 0.2) is 0 Å². The van der Waals surface area contributed by atoms with Crippen molar-refractivity contribution in [3.63, 3.8) is 0 Å². The lowest BCUT2D eigenvalue weighted by molar-refractivity contribution is -0.132. The SMILES string of the molecule is Cc1nonc1C1CCCN1C(=O)Cn1ccnc1-c1ccccc1. The van der Waals surface area contributed by atoms with Crippen LogP contribution in [0.25, 0.3) is 11.4 Å². The van der Waals surface area contributed by atoms with E-state index in [9.17, 15) is 4.79 Å². The number of imidazole rings is 1. The zero-order chi connectivity index (χ0) is 17.2. The largest absolute Gasteiger partial charge is 0.332 e. The molecule has 2 aromatic heterocycles. The van der Waals surface area contributed by atoms with Crippen molar-refractivity contribution in [2.75, 3.05) is 6.54 Å². The Morgan fingerprint density at radius 2 is 2.12 bits per heavy atom. The Labute approximate surface area is 145 Å². The number of amides is 1. The van der Waals surface area contributed by atoms with Crippen molar-refractivity contribution in [3.8, 4) is 11.4 Å². The van der Waals surface area contributed by atoms with Gasteiger partial charge in [0.2, 0.25) is 5.91 Å². The van der Waals surface area contributed by atoms with Gasteiger partial charge in [0.1, 0.15) is 23.8 Å². The van der Waals surface area contributed by atoms with Crippen molar-refractivity contribution in [3.05, 3.63) is 54.1 Å². The number of nitrogens with zero attached hydrogens (tertiary/aromatic N) is 5. The number of hydrogen-bond acceptors (Lipinski definition) is 5. The zero-order valence-electron chi connectivity index (χ0n) is 14.0. The number of aryl methyl sites for hydroxylation is 1. The van der Waals surface area contributed by atoms with Crippen LogP contribution in [-0.4, -0.2) is 37.2 Å². The molecule has 1 fully saturated rings. The molecule has 0 radical (unpaired) electrons. The Morgan fingerprint density at radius 1 is 1.28 bits per heavy atom. The maximum Gasteiger partial charge on any atom is 0.243 e. The third-order valence-electron chi connectivity index (χ3n) is 4.63. The van der Waals surface area contributed by atoms with E-state index in [-0.39, 0.29) is 18.5 Å². The fourth-order valence-electron chi connectivity index (χ4n) is 3.41. The first-order chi connectivity index (χ1) is 12.2. The molecule has 1 aliphatic heterocycles. The second kappa shape index (κ2) is 6.51. The Morgan fingerprint density at radius 3 is 2.88 bits per heavy atom. The topological polar surface area (TPSA) is 77.0 Å². The van der Waals surface area contributed by atoms with Gasteiger partial charge in [0, 0.05) is 24.5 Å². The second-order valence-corrected chi connectivity index (χ2v) is 6.22. The van der Waals surface area contributed by atoms with Gasteiger partial charge >= 0.3 is 0 Å². The molecule has 1 atom stereocenters. The van der Waals surface area contributed by atoms with Crippen molar-refractivity contribution in [2.24, 2.45) is 0 Å². The van der Waals surface area contributed by atoms with E-state index in [2.05, 4.69) is 15.3 Å². The van der Waals surface area contributed by atoms with Crippen LogP contribution in [0, 0.1) is 6.92 Å². The first-order valence-electron chi connectivity index (χ1n) is 8.39. The standard InChI is InChI=1S/C18H19N5O2/c1-13-17(21-25-20-13)15-8-5-10-23(15)16(24)12-22-11-9-19-18(22)14-6-3-2-4-7-14/h2-4,6-7,9,11,15H,5,8,10,12H2,1H3. The summed E-state index contributed by atoms with van der Waals surface area (Å²) < 4.78 is 6.71. The molecular formula is C18H19N5O2. The van der Waals surface area contributed by atoms with Crippen LogP contribution in [0.4, 0.5) is 0 Å². The smallest absolute Gasteiger partial charge is 0.243 e. The molecule has 25 heavy (non-hydrogen) atoms. The predicted octanol–water partition coefficient (Wildman–Crippen LogP) is 2.61. The van der Waals surface area contributed by atoms with Gasteiger partial charge < -0.3 is 9.47 Å². The minimum Gasteiger partial charge on any atom is -0.332 e. The lowest BCUT2D eigenvalue weighted by Gasteiger charge is -2.23. The Kier molecular flexibility index (Phi) is 4.05. The molecule has 4 rings (SSSR count). The lowest BCUT2D eigenvalue weighted by atomic mass is 10.1.